The Morgan fingerprint density at radius 3 is 2.45 bits per heavy atom. The lowest BCUT2D eigenvalue weighted by Crippen LogP contribution is -2.35. The molecule has 0 saturated heterocycles. The molecule has 0 radical (unpaired) electrons. The zero-order chi connectivity index (χ0) is 23.5. The zero-order valence-corrected chi connectivity index (χ0v) is 19.8. The van der Waals surface area contributed by atoms with Crippen molar-refractivity contribution in [2.24, 2.45) is 0 Å². The number of methoxy groups -OCH3 is 2. The molecule has 0 aliphatic carbocycles. The van der Waals surface area contributed by atoms with Gasteiger partial charge >= 0.3 is 0 Å². The Balaban J connectivity index is 1.79. The van der Waals surface area contributed by atoms with Crippen molar-refractivity contribution in [2.45, 2.75) is 45.7 Å². The third-order valence-corrected chi connectivity index (χ3v) is 5.98. The summed E-state index contributed by atoms with van der Waals surface area (Å²) >= 11 is 0. The molecule has 7 nitrogen and oxygen atoms in total. The van der Waals surface area contributed by atoms with Gasteiger partial charge in [-0.2, -0.15) is 5.10 Å². The molecule has 33 heavy (non-hydrogen) atoms. The van der Waals surface area contributed by atoms with Gasteiger partial charge in [0.25, 0.3) is 5.91 Å². The highest BCUT2D eigenvalue weighted by molar-refractivity contribution is 6.00. The van der Waals surface area contributed by atoms with Crippen molar-refractivity contribution in [3.63, 3.8) is 0 Å². The molecule has 1 N–H and O–H groups in total. The summed E-state index contributed by atoms with van der Waals surface area (Å²) in [5.41, 5.74) is 4.04. The normalized spacial score (nSPS) is 15.2. The highest BCUT2D eigenvalue weighted by Crippen LogP contribution is 2.45. The zero-order valence-electron chi connectivity index (χ0n) is 19.8. The van der Waals surface area contributed by atoms with Crippen molar-refractivity contribution in [2.75, 3.05) is 20.8 Å². The number of aromatic amines is 1. The minimum absolute atomic E-state index is 0.00140. The Morgan fingerprint density at radius 2 is 1.82 bits per heavy atom. The van der Waals surface area contributed by atoms with Crippen LogP contribution in [0.15, 0.2) is 42.5 Å². The Morgan fingerprint density at radius 1 is 1.06 bits per heavy atom. The van der Waals surface area contributed by atoms with Crippen LogP contribution >= 0.6 is 0 Å². The van der Waals surface area contributed by atoms with Crippen LogP contribution in [0.1, 0.15) is 61.3 Å². The van der Waals surface area contributed by atoms with Crippen molar-refractivity contribution in [3.05, 3.63) is 59.3 Å². The molecule has 1 atom stereocenters. The van der Waals surface area contributed by atoms with Crippen LogP contribution < -0.4 is 14.2 Å². The number of rotatable bonds is 9. The molecule has 2 aromatic carbocycles. The van der Waals surface area contributed by atoms with Crippen LogP contribution in [0.4, 0.5) is 0 Å². The lowest BCUT2D eigenvalue weighted by atomic mass is 9.95. The standard InChI is InChI=1S/C26H31N3O4/c1-6-7-14-33-20-13-10-18(15-21(20)32-5)25-22-23(17-8-11-19(31-4)12-9-17)27-28-24(22)26(30)29(25)16(2)3/h8-13,15-16,25H,6-7,14H2,1-5H3,(H,27,28). The molecule has 0 saturated carbocycles. The molecular weight excluding hydrogens is 418 g/mol. The number of hydrogen-bond acceptors (Lipinski definition) is 5. The van der Waals surface area contributed by atoms with Gasteiger partial charge in [-0.15, -0.1) is 0 Å². The Labute approximate surface area is 194 Å². The number of fused-ring (bicyclic) bond motifs is 1. The van der Waals surface area contributed by atoms with Crippen LogP contribution in [0.3, 0.4) is 0 Å². The van der Waals surface area contributed by atoms with E-state index in [0.717, 1.165) is 41.0 Å². The quantitative estimate of drug-likeness (QED) is 0.453. The molecule has 1 aliphatic rings. The third-order valence-electron chi connectivity index (χ3n) is 5.98. The van der Waals surface area contributed by atoms with Crippen molar-refractivity contribution in [1.82, 2.24) is 15.1 Å². The largest absolute Gasteiger partial charge is 0.497 e. The van der Waals surface area contributed by atoms with E-state index in [-0.39, 0.29) is 18.0 Å². The Kier molecular flexibility index (Phi) is 6.58. The van der Waals surface area contributed by atoms with Crippen LogP contribution in [0.5, 0.6) is 17.2 Å². The fourth-order valence-electron chi connectivity index (χ4n) is 4.29. The molecule has 4 rings (SSSR count). The van der Waals surface area contributed by atoms with Crippen LogP contribution in [-0.4, -0.2) is 47.9 Å². The highest BCUT2D eigenvalue weighted by Gasteiger charge is 2.43. The van der Waals surface area contributed by atoms with E-state index >= 15 is 0 Å². The fourth-order valence-corrected chi connectivity index (χ4v) is 4.29. The van der Waals surface area contributed by atoms with E-state index in [9.17, 15) is 4.79 Å². The Bertz CT molecular complexity index is 1120. The van der Waals surface area contributed by atoms with Crippen molar-refractivity contribution < 1.29 is 19.0 Å². The lowest BCUT2D eigenvalue weighted by Gasteiger charge is -2.30. The van der Waals surface area contributed by atoms with Crippen molar-refractivity contribution >= 4 is 5.91 Å². The van der Waals surface area contributed by atoms with E-state index in [1.165, 1.54) is 0 Å². The summed E-state index contributed by atoms with van der Waals surface area (Å²) in [5.74, 6) is 2.07. The van der Waals surface area contributed by atoms with Gasteiger partial charge in [0.15, 0.2) is 11.5 Å². The van der Waals surface area contributed by atoms with E-state index in [1.54, 1.807) is 14.2 Å². The minimum atomic E-state index is -0.290. The molecular formula is C26H31N3O4. The number of ether oxygens (including phenoxy) is 3. The van der Waals surface area contributed by atoms with Gasteiger partial charge in [0.2, 0.25) is 0 Å². The van der Waals surface area contributed by atoms with E-state index in [4.69, 9.17) is 14.2 Å². The number of nitrogens with one attached hydrogen (secondary N) is 1. The number of unbranched alkanes of at least 4 members (excludes halogenated alkanes) is 1. The number of benzene rings is 2. The van der Waals surface area contributed by atoms with Gasteiger partial charge < -0.3 is 19.1 Å². The average Bonchev–Trinajstić information content (AvgIpc) is 3.38. The molecule has 0 bridgehead atoms. The van der Waals surface area contributed by atoms with Gasteiger partial charge in [-0.3, -0.25) is 9.89 Å². The summed E-state index contributed by atoms with van der Waals surface area (Å²) in [6.45, 7) is 6.82. The Hall–Kier alpha value is -3.48. The van der Waals surface area contributed by atoms with E-state index in [1.807, 2.05) is 61.2 Å². The first-order valence-corrected chi connectivity index (χ1v) is 11.4. The minimum Gasteiger partial charge on any atom is -0.497 e. The summed E-state index contributed by atoms with van der Waals surface area (Å²) < 4.78 is 16.8. The van der Waals surface area contributed by atoms with Gasteiger partial charge in [0.1, 0.15) is 11.4 Å². The molecule has 7 heteroatoms. The van der Waals surface area contributed by atoms with Crippen molar-refractivity contribution in [1.29, 1.82) is 0 Å². The third kappa shape index (κ3) is 4.15. The lowest BCUT2D eigenvalue weighted by molar-refractivity contribution is 0.0687. The first kappa shape index (κ1) is 22.7. The highest BCUT2D eigenvalue weighted by atomic mass is 16.5. The average molecular weight is 450 g/mol. The van der Waals surface area contributed by atoms with Crippen LogP contribution in [0, 0.1) is 0 Å². The van der Waals surface area contributed by atoms with E-state index in [2.05, 4.69) is 17.1 Å². The number of aromatic nitrogens is 2. The second kappa shape index (κ2) is 9.57. The summed E-state index contributed by atoms with van der Waals surface area (Å²) in [7, 11) is 3.28. The predicted octanol–water partition coefficient (Wildman–Crippen LogP) is 5.23. The number of amides is 1. The molecule has 0 spiro atoms. The smallest absolute Gasteiger partial charge is 0.273 e. The molecule has 1 aliphatic heterocycles. The molecule has 1 aromatic heterocycles. The first-order chi connectivity index (χ1) is 16.0. The van der Waals surface area contributed by atoms with Crippen LogP contribution in [0.25, 0.3) is 11.3 Å². The van der Waals surface area contributed by atoms with Gasteiger partial charge in [0.05, 0.1) is 32.6 Å². The molecule has 1 amide bonds. The predicted molar refractivity (Wildman–Crippen MR) is 127 cm³/mol. The summed E-state index contributed by atoms with van der Waals surface area (Å²) in [6, 6.07) is 13.3. The van der Waals surface area contributed by atoms with E-state index in [0.29, 0.717) is 23.8 Å². The summed E-state index contributed by atoms with van der Waals surface area (Å²) in [6.07, 6.45) is 2.04. The number of H-pyrrole nitrogens is 1. The summed E-state index contributed by atoms with van der Waals surface area (Å²) in [4.78, 5) is 15.2. The first-order valence-electron chi connectivity index (χ1n) is 11.4. The number of carbonyl (C=O) groups is 1. The maximum atomic E-state index is 13.3. The van der Waals surface area contributed by atoms with Crippen LogP contribution in [0.2, 0.25) is 0 Å². The fraction of sp³-hybridized carbons (Fsp3) is 0.385. The SMILES string of the molecule is CCCCOc1ccc(C2c3c(-c4ccc(OC)cc4)n[nH]c3C(=O)N2C(C)C)cc1OC. The van der Waals surface area contributed by atoms with Crippen LogP contribution in [-0.2, 0) is 0 Å². The maximum Gasteiger partial charge on any atom is 0.273 e. The topological polar surface area (TPSA) is 76.7 Å². The second-order valence-corrected chi connectivity index (χ2v) is 8.41. The monoisotopic (exact) mass is 449 g/mol. The van der Waals surface area contributed by atoms with E-state index < -0.39 is 0 Å². The molecule has 3 aromatic rings. The van der Waals surface area contributed by atoms with Gasteiger partial charge in [-0.05, 0) is 62.2 Å². The second-order valence-electron chi connectivity index (χ2n) is 8.41. The van der Waals surface area contributed by atoms with Gasteiger partial charge in [0, 0.05) is 17.2 Å². The number of nitrogens with zero attached hydrogens (tertiary/aromatic N) is 2. The maximum absolute atomic E-state index is 13.3. The summed E-state index contributed by atoms with van der Waals surface area (Å²) in [5, 5.41) is 7.52. The van der Waals surface area contributed by atoms with Gasteiger partial charge in [-0.1, -0.05) is 19.4 Å². The number of carbonyl (C=O) groups excluding carboxylic acids is 1. The molecule has 174 valence electrons. The molecule has 0 fully saturated rings. The van der Waals surface area contributed by atoms with Gasteiger partial charge in [-0.25, -0.2) is 0 Å². The molecule has 2 heterocycles. The number of hydrogen-bond donors (Lipinski definition) is 1. The molecule has 1 unspecified atom stereocenters. The van der Waals surface area contributed by atoms with Crippen molar-refractivity contribution in [3.8, 4) is 28.5 Å².